The molecule has 0 fully saturated rings. The largest absolute Gasteiger partial charge is 0.462 e. The van der Waals surface area contributed by atoms with Crippen LogP contribution in [0.3, 0.4) is 0 Å². The third kappa shape index (κ3) is 6.27. The van der Waals surface area contributed by atoms with Gasteiger partial charge in [-0.1, -0.05) is 35.9 Å². The minimum absolute atomic E-state index is 0.000953. The molecule has 0 aliphatic rings. The first-order valence-electron chi connectivity index (χ1n) is 10.6. The van der Waals surface area contributed by atoms with E-state index in [9.17, 15) is 22.4 Å². The van der Waals surface area contributed by atoms with E-state index in [-0.39, 0.29) is 23.6 Å². The van der Waals surface area contributed by atoms with E-state index in [1.54, 1.807) is 25.1 Å². The van der Waals surface area contributed by atoms with Crippen molar-refractivity contribution in [2.24, 2.45) is 0 Å². The van der Waals surface area contributed by atoms with Crippen molar-refractivity contribution < 1.29 is 27.1 Å². The maximum absolute atomic E-state index is 14.3. The van der Waals surface area contributed by atoms with E-state index in [0.29, 0.717) is 11.3 Å². The van der Waals surface area contributed by atoms with Crippen molar-refractivity contribution in [1.82, 2.24) is 4.31 Å². The number of carbonyl (C=O) groups excluding carboxylic acids is 2. The van der Waals surface area contributed by atoms with E-state index >= 15 is 0 Å². The number of sulfonamides is 1. The van der Waals surface area contributed by atoms with Gasteiger partial charge in [-0.2, -0.15) is 4.31 Å². The molecule has 0 atom stereocenters. The number of aryl methyl sites for hydroxylation is 1. The fourth-order valence-electron chi connectivity index (χ4n) is 3.17. The van der Waals surface area contributed by atoms with Crippen molar-refractivity contribution in [3.8, 4) is 0 Å². The van der Waals surface area contributed by atoms with Gasteiger partial charge in [0.1, 0.15) is 5.82 Å². The second-order valence-electron chi connectivity index (χ2n) is 7.52. The molecule has 7 nitrogen and oxygen atoms in total. The molecule has 3 aromatic carbocycles. The van der Waals surface area contributed by atoms with E-state index in [1.165, 1.54) is 54.6 Å². The molecule has 0 spiro atoms. The molecule has 1 N–H and O–H groups in total. The van der Waals surface area contributed by atoms with Crippen LogP contribution in [-0.2, 0) is 26.1 Å². The summed E-state index contributed by atoms with van der Waals surface area (Å²) in [4.78, 5) is 24.5. The molecule has 178 valence electrons. The molecule has 34 heavy (non-hydrogen) atoms. The summed E-state index contributed by atoms with van der Waals surface area (Å²) in [5.74, 6) is -1.67. The quantitative estimate of drug-likeness (QED) is 0.461. The first-order chi connectivity index (χ1) is 16.2. The molecule has 0 saturated carbocycles. The Balaban J connectivity index is 1.82. The molecule has 0 aliphatic heterocycles. The fourth-order valence-corrected chi connectivity index (χ4v) is 4.54. The molecule has 0 aromatic heterocycles. The predicted octanol–water partition coefficient (Wildman–Crippen LogP) is 4.14. The number of nitrogens with one attached hydrogen (secondary N) is 1. The van der Waals surface area contributed by atoms with E-state index in [0.717, 1.165) is 9.87 Å². The highest BCUT2D eigenvalue weighted by Gasteiger charge is 2.27. The summed E-state index contributed by atoms with van der Waals surface area (Å²) in [6, 6.07) is 18.0. The molecular weight excluding hydrogens is 459 g/mol. The van der Waals surface area contributed by atoms with Gasteiger partial charge < -0.3 is 10.1 Å². The Bertz CT molecular complexity index is 1260. The standard InChI is InChI=1S/C25H25FN2O5S/c1-3-33-25(30)19-10-12-21(13-11-19)27-24(29)17-28(16-20-6-4-5-7-23(20)26)34(31,32)22-14-8-18(2)9-15-22/h4-15H,3,16-17H2,1-2H3,(H,27,29). The Morgan fingerprint density at radius 1 is 0.971 bits per heavy atom. The molecule has 0 saturated heterocycles. The van der Waals surface area contributed by atoms with Crippen molar-refractivity contribution in [1.29, 1.82) is 0 Å². The number of hydrogen-bond donors (Lipinski definition) is 1. The third-order valence-corrected chi connectivity index (χ3v) is 6.77. The van der Waals surface area contributed by atoms with Gasteiger partial charge in [0, 0.05) is 17.8 Å². The van der Waals surface area contributed by atoms with Crippen LogP contribution < -0.4 is 5.32 Å². The van der Waals surface area contributed by atoms with Crippen LogP contribution in [0.15, 0.2) is 77.7 Å². The number of benzene rings is 3. The monoisotopic (exact) mass is 484 g/mol. The lowest BCUT2D eigenvalue weighted by atomic mass is 10.2. The van der Waals surface area contributed by atoms with Crippen molar-refractivity contribution in [2.45, 2.75) is 25.3 Å². The normalized spacial score (nSPS) is 11.3. The molecule has 0 aliphatic carbocycles. The SMILES string of the molecule is CCOC(=O)c1ccc(NC(=O)CN(Cc2ccccc2F)S(=O)(=O)c2ccc(C)cc2)cc1. The van der Waals surface area contributed by atoms with Gasteiger partial charge in [0.15, 0.2) is 0 Å². The Morgan fingerprint density at radius 2 is 1.62 bits per heavy atom. The van der Waals surface area contributed by atoms with Crippen LogP contribution in [0.5, 0.6) is 0 Å². The molecule has 1 amide bonds. The first-order valence-corrected chi connectivity index (χ1v) is 12.0. The van der Waals surface area contributed by atoms with Gasteiger partial charge in [0.25, 0.3) is 0 Å². The van der Waals surface area contributed by atoms with Gasteiger partial charge in [0.2, 0.25) is 15.9 Å². The van der Waals surface area contributed by atoms with Crippen LogP contribution in [0.25, 0.3) is 0 Å². The average Bonchev–Trinajstić information content (AvgIpc) is 2.81. The van der Waals surface area contributed by atoms with Crippen LogP contribution in [0.1, 0.15) is 28.4 Å². The number of carbonyl (C=O) groups is 2. The molecule has 0 radical (unpaired) electrons. The Kier molecular flexibility index (Phi) is 8.14. The van der Waals surface area contributed by atoms with E-state index in [1.807, 2.05) is 6.92 Å². The molecule has 3 rings (SSSR count). The summed E-state index contributed by atoms with van der Waals surface area (Å²) < 4.78 is 46.7. The van der Waals surface area contributed by atoms with E-state index < -0.39 is 34.3 Å². The average molecular weight is 485 g/mol. The minimum atomic E-state index is -4.10. The second-order valence-corrected chi connectivity index (χ2v) is 9.46. The molecule has 0 bridgehead atoms. The van der Waals surface area contributed by atoms with Gasteiger partial charge >= 0.3 is 5.97 Å². The summed E-state index contributed by atoms with van der Waals surface area (Å²) in [6.07, 6.45) is 0. The van der Waals surface area contributed by atoms with Gasteiger partial charge in [0.05, 0.1) is 23.6 Å². The molecule has 0 unspecified atom stereocenters. The molecule has 0 heterocycles. The minimum Gasteiger partial charge on any atom is -0.462 e. The zero-order chi connectivity index (χ0) is 24.7. The lowest BCUT2D eigenvalue weighted by Gasteiger charge is -2.22. The lowest BCUT2D eigenvalue weighted by Crippen LogP contribution is -2.37. The van der Waals surface area contributed by atoms with Crippen LogP contribution >= 0.6 is 0 Å². The van der Waals surface area contributed by atoms with Crippen molar-refractivity contribution in [3.63, 3.8) is 0 Å². The number of nitrogens with zero attached hydrogens (tertiary/aromatic N) is 1. The topological polar surface area (TPSA) is 92.8 Å². The highest BCUT2D eigenvalue weighted by molar-refractivity contribution is 7.89. The predicted molar refractivity (Wildman–Crippen MR) is 126 cm³/mol. The maximum atomic E-state index is 14.3. The number of anilines is 1. The number of ether oxygens (including phenoxy) is 1. The third-order valence-electron chi connectivity index (χ3n) is 4.96. The van der Waals surface area contributed by atoms with Gasteiger partial charge in [-0.15, -0.1) is 0 Å². The van der Waals surface area contributed by atoms with Gasteiger partial charge in [-0.05, 0) is 56.3 Å². The number of hydrogen-bond acceptors (Lipinski definition) is 5. The summed E-state index contributed by atoms with van der Waals surface area (Å²) in [5, 5.41) is 2.61. The summed E-state index contributed by atoms with van der Waals surface area (Å²) in [5.41, 5.74) is 1.72. The second kappa shape index (κ2) is 11.0. The van der Waals surface area contributed by atoms with Crippen LogP contribution in [-0.4, -0.2) is 37.8 Å². The van der Waals surface area contributed by atoms with Crippen LogP contribution in [0.2, 0.25) is 0 Å². The Hall–Kier alpha value is -3.56. The Labute approximate surface area is 198 Å². The summed E-state index contributed by atoms with van der Waals surface area (Å²) in [6.45, 7) is 2.91. The zero-order valence-electron chi connectivity index (χ0n) is 18.8. The Morgan fingerprint density at radius 3 is 2.24 bits per heavy atom. The fraction of sp³-hybridized carbons (Fsp3) is 0.200. The number of rotatable bonds is 9. The number of amides is 1. The summed E-state index contributed by atoms with van der Waals surface area (Å²) >= 11 is 0. The summed E-state index contributed by atoms with van der Waals surface area (Å²) in [7, 11) is -4.10. The lowest BCUT2D eigenvalue weighted by molar-refractivity contribution is -0.116. The number of halogens is 1. The molecule has 3 aromatic rings. The van der Waals surface area contributed by atoms with Crippen molar-refractivity contribution >= 4 is 27.6 Å². The van der Waals surface area contributed by atoms with E-state index in [2.05, 4.69) is 5.32 Å². The smallest absolute Gasteiger partial charge is 0.338 e. The molecule has 9 heteroatoms. The van der Waals surface area contributed by atoms with Crippen LogP contribution in [0.4, 0.5) is 10.1 Å². The molecular formula is C25H25FN2O5S. The van der Waals surface area contributed by atoms with Gasteiger partial charge in [-0.3, -0.25) is 4.79 Å². The number of esters is 1. The zero-order valence-corrected chi connectivity index (χ0v) is 19.6. The first kappa shape index (κ1) is 25.1. The van der Waals surface area contributed by atoms with Crippen molar-refractivity contribution in [3.05, 3.63) is 95.3 Å². The highest BCUT2D eigenvalue weighted by Crippen LogP contribution is 2.21. The van der Waals surface area contributed by atoms with E-state index in [4.69, 9.17) is 4.74 Å². The van der Waals surface area contributed by atoms with Crippen molar-refractivity contribution in [2.75, 3.05) is 18.5 Å². The highest BCUT2D eigenvalue weighted by atomic mass is 32.2. The van der Waals surface area contributed by atoms with Crippen LogP contribution in [0, 0.1) is 12.7 Å². The van der Waals surface area contributed by atoms with Gasteiger partial charge in [-0.25, -0.2) is 17.6 Å². The maximum Gasteiger partial charge on any atom is 0.338 e.